The van der Waals surface area contributed by atoms with Crippen LogP contribution in [0.1, 0.15) is 44.2 Å². The van der Waals surface area contributed by atoms with Crippen molar-refractivity contribution in [1.29, 1.82) is 0 Å². The molecule has 1 aromatic heterocycles. The van der Waals surface area contributed by atoms with Crippen molar-refractivity contribution in [2.45, 2.75) is 55.2 Å². The Labute approximate surface area is 181 Å². The molecule has 1 amide bonds. The summed E-state index contributed by atoms with van der Waals surface area (Å²) in [7, 11) is 0. The Bertz CT molecular complexity index is 941. The topological polar surface area (TPSA) is 63.1 Å². The lowest BCUT2D eigenvalue weighted by molar-refractivity contribution is -0.137. The molecule has 1 aliphatic carbocycles. The zero-order valence-corrected chi connectivity index (χ0v) is 17.8. The first-order valence-corrected chi connectivity index (χ1v) is 11.0. The average molecular weight is 460 g/mol. The number of nitrogens with one attached hydrogen (secondary N) is 1. The molecule has 11 heteroatoms. The van der Waals surface area contributed by atoms with E-state index in [2.05, 4.69) is 25.0 Å². The maximum Gasteiger partial charge on any atom is 0.418 e. The van der Waals surface area contributed by atoms with E-state index in [4.69, 9.17) is 11.6 Å². The summed E-state index contributed by atoms with van der Waals surface area (Å²) in [6.07, 6.45) is -0.330. The molecule has 2 heterocycles. The first kappa shape index (κ1) is 21.3. The molecule has 2 fully saturated rings. The highest BCUT2D eigenvalue weighted by Crippen LogP contribution is 2.42. The summed E-state index contributed by atoms with van der Waals surface area (Å²) in [4.78, 5) is 14.8. The number of carbonyl (C=O) groups is 1. The smallest absolute Gasteiger partial charge is 0.341 e. The zero-order valence-electron chi connectivity index (χ0n) is 16.2. The lowest BCUT2D eigenvalue weighted by Crippen LogP contribution is -2.25. The van der Waals surface area contributed by atoms with Gasteiger partial charge in [-0.05, 0) is 50.8 Å². The monoisotopic (exact) mass is 459 g/mol. The van der Waals surface area contributed by atoms with E-state index in [1.807, 2.05) is 0 Å². The van der Waals surface area contributed by atoms with Crippen LogP contribution in [0.25, 0.3) is 0 Å². The van der Waals surface area contributed by atoms with Crippen molar-refractivity contribution in [1.82, 2.24) is 14.8 Å². The number of hydrogen-bond acceptors (Lipinski definition) is 5. The molecule has 1 atom stereocenters. The molecule has 1 unspecified atom stereocenters. The van der Waals surface area contributed by atoms with Crippen molar-refractivity contribution in [3.05, 3.63) is 28.8 Å². The number of anilines is 2. The molecule has 1 saturated carbocycles. The molecule has 0 bridgehead atoms. The highest BCUT2D eigenvalue weighted by molar-refractivity contribution is 8.00. The molecule has 4 rings (SSSR count). The predicted molar refractivity (Wildman–Crippen MR) is 110 cm³/mol. The number of carbonyl (C=O) groups excluding carboxylic acids is 1. The van der Waals surface area contributed by atoms with Gasteiger partial charge >= 0.3 is 6.18 Å². The van der Waals surface area contributed by atoms with E-state index in [-0.39, 0.29) is 10.7 Å². The summed E-state index contributed by atoms with van der Waals surface area (Å²) >= 11 is 6.90. The number of thioether (sulfide) groups is 1. The van der Waals surface area contributed by atoms with Gasteiger partial charge in [-0.15, -0.1) is 10.2 Å². The molecule has 0 spiro atoms. The Morgan fingerprint density at radius 3 is 2.60 bits per heavy atom. The normalized spacial score (nSPS) is 18.0. The fourth-order valence-corrected chi connectivity index (χ4v) is 4.53. The summed E-state index contributed by atoms with van der Waals surface area (Å²) in [6.45, 7) is 3.51. The summed E-state index contributed by atoms with van der Waals surface area (Å²) in [5.41, 5.74) is -1.29. The van der Waals surface area contributed by atoms with Gasteiger partial charge in [-0.2, -0.15) is 13.2 Å². The molecular formula is C19H21ClF3N5OS. The molecule has 162 valence electrons. The van der Waals surface area contributed by atoms with Crippen LogP contribution in [0.2, 0.25) is 5.02 Å². The fourth-order valence-electron chi connectivity index (χ4n) is 3.44. The number of alkyl halides is 3. The van der Waals surface area contributed by atoms with Gasteiger partial charge in [-0.1, -0.05) is 23.4 Å². The van der Waals surface area contributed by atoms with Gasteiger partial charge in [0.1, 0.15) is 0 Å². The second-order valence-corrected chi connectivity index (χ2v) is 9.26. The van der Waals surface area contributed by atoms with E-state index in [1.54, 1.807) is 6.92 Å². The summed E-state index contributed by atoms with van der Waals surface area (Å²) in [5, 5.41) is 10.9. The molecule has 2 aliphatic rings. The summed E-state index contributed by atoms with van der Waals surface area (Å²) in [5.74, 6) is 0.281. The van der Waals surface area contributed by atoms with Crippen molar-refractivity contribution >= 4 is 40.9 Å². The van der Waals surface area contributed by atoms with Crippen molar-refractivity contribution in [2.75, 3.05) is 23.3 Å². The van der Waals surface area contributed by atoms with Gasteiger partial charge in [0, 0.05) is 24.2 Å². The molecular weight excluding hydrogens is 439 g/mol. The Balaban J connectivity index is 1.50. The van der Waals surface area contributed by atoms with Crippen LogP contribution in [0.5, 0.6) is 0 Å². The minimum absolute atomic E-state index is 0.0466. The Hall–Kier alpha value is -1.94. The maximum absolute atomic E-state index is 13.3. The molecule has 30 heavy (non-hydrogen) atoms. The van der Waals surface area contributed by atoms with Crippen LogP contribution >= 0.6 is 23.4 Å². The van der Waals surface area contributed by atoms with E-state index in [1.165, 1.54) is 23.9 Å². The number of amides is 1. The SMILES string of the molecule is CC(Sc1nnc(N2CCCC2)n1C1CC1)C(=O)Nc1ccc(Cl)cc1C(F)(F)F. The van der Waals surface area contributed by atoms with Gasteiger partial charge < -0.3 is 10.2 Å². The highest BCUT2D eigenvalue weighted by Gasteiger charge is 2.36. The first-order chi connectivity index (χ1) is 14.2. The molecule has 1 aromatic carbocycles. The van der Waals surface area contributed by atoms with E-state index in [0.29, 0.717) is 11.2 Å². The van der Waals surface area contributed by atoms with Gasteiger partial charge in [-0.3, -0.25) is 9.36 Å². The lowest BCUT2D eigenvalue weighted by Gasteiger charge is -2.19. The number of benzene rings is 1. The van der Waals surface area contributed by atoms with E-state index >= 15 is 0 Å². The number of hydrogen-bond donors (Lipinski definition) is 1. The number of halogens is 4. The van der Waals surface area contributed by atoms with Crippen LogP contribution < -0.4 is 10.2 Å². The number of nitrogens with zero attached hydrogens (tertiary/aromatic N) is 4. The zero-order chi connectivity index (χ0) is 21.5. The standard InChI is InChI=1S/C19H21ClF3N5OS/c1-11(16(29)24-15-7-4-12(20)10-14(15)19(21,22)23)30-18-26-25-17(27-8-2-3-9-27)28(18)13-5-6-13/h4,7,10-11,13H,2-3,5-6,8-9H2,1H3,(H,24,29). The molecule has 0 radical (unpaired) electrons. The first-order valence-electron chi connectivity index (χ1n) is 9.78. The maximum atomic E-state index is 13.3. The van der Waals surface area contributed by atoms with Crippen LogP contribution in [0, 0.1) is 0 Å². The average Bonchev–Trinajstić information content (AvgIpc) is 3.21. The highest BCUT2D eigenvalue weighted by atomic mass is 35.5. The fraction of sp³-hybridized carbons (Fsp3) is 0.526. The van der Waals surface area contributed by atoms with Crippen molar-refractivity contribution in [3.8, 4) is 0 Å². The van der Waals surface area contributed by atoms with Gasteiger partial charge in [0.15, 0.2) is 5.16 Å². The Morgan fingerprint density at radius 2 is 1.97 bits per heavy atom. The number of rotatable bonds is 6. The second kappa shape index (κ2) is 8.30. The van der Waals surface area contributed by atoms with Gasteiger partial charge in [0.25, 0.3) is 0 Å². The molecule has 1 aliphatic heterocycles. The summed E-state index contributed by atoms with van der Waals surface area (Å²) in [6, 6.07) is 3.61. The minimum Gasteiger partial charge on any atom is -0.341 e. The molecule has 1 N–H and O–H groups in total. The van der Waals surface area contributed by atoms with E-state index in [0.717, 1.165) is 50.8 Å². The van der Waals surface area contributed by atoms with Crippen LogP contribution in [-0.2, 0) is 11.0 Å². The number of aromatic nitrogens is 3. The van der Waals surface area contributed by atoms with Crippen LogP contribution in [0.15, 0.2) is 23.4 Å². The van der Waals surface area contributed by atoms with Crippen molar-refractivity contribution in [2.24, 2.45) is 0 Å². The molecule has 1 saturated heterocycles. The lowest BCUT2D eigenvalue weighted by atomic mass is 10.1. The van der Waals surface area contributed by atoms with Gasteiger partial charge in [-0.25, -0.2) is 0 Å². The minimum atomic E-state index is -4.62. The van der Waals surface area contributed by atoms with E-state index < -0.39 is 22.9 Å². The molecule has 6 nitrogen and oxygen atoms in total. The van der Waals surface area contributed by atoms with Crippen LogP contribution in [0.4, 0.5) is 24.8 Å². The van der Waals surface area contributed by atoms with Crippen molar-refractivity contribution in [3.63, 3.8) is 0 Å². The van der Waals surface area contributed by atoms with Crippen molar-refractivity contribution < 1.29 is 18.0 Å². The summed E-state index contributed by atoms with van der Waals surface area (Å²) < 4.78 is 41.9. The third-order valence-corrected chi connectivity index (χ3v) is 6.44. The third-order valence-electron chi connectivity index (χ3n) is 5.14. The van der Waals surface area contributed by atoms with Crippen LogP contribution in [-0.4, -0.2) is 39.0 Å². The van der Waals surface area contributed by atoms with Crippen LogP contribution in [0.3, 0.4) is 0 Å². The van der Waals surface area contributed by atoms with E-state index in [9.17, 15) is 18.0 Å². The van der Waals surface area contributed by atoms with Gasteiger partial charge in [0.2, 0.25) is 11.9 Å². The predicted octanol–water partition coefficient (Wildman–Crippen LogP) is 5.00. The Morgan fingerprint density at radius 1 is 1.27 bits per heavy atom. The quantitative estimate of drug-likeness (QED) is 0.615. The molecule has 2 aromatic rings. The second-order valence-electron chi connectivity index (χ2n) is 7.51. The largest absolute Gasteiger partial charge is 0.418 e. The Kier molecular flexibility index (Phi) is 5.89. The van der Waals surface area contributed by atoms with Gasteiger partial charge in [0.05, 0.1) is 16.5 Å². The third kappa shape index (κ3) is 4.54.